The summed E-state index contributed by atoms with van der Waals surface area (Å²) in [7, 11) is 0. The van der Waals surface area contributed by atoms with Gasteiger partial charge in [-0.3, -0.25) is 0 Å². The second-order valence-electron chi connectivity index (χ2n) is 2.28. The van der Waals surface area contributed by atoms with E-state index in [4.69, 9.17) is 5.11 Å². The molecule has 10 heavy (non-hydrogen) atoms. The van der Waals surface area contributed by atoms with Crippen molar-refractivity contribution in [1.82, 2.24) is 0 Å². The summed E-state index contributed by atoms with van der Waals surface area (Å²) in [6, 6.07) is 5.01. The number of rotatable bonds is 1. The van der Waals surface area contributed by atoms with Crippen LogP contribution in [0.1, 0.15) is 11.1 Å². The first-order valence-electron chi connectivity index (χ1n) is 3.10. The van der Waals surface area contributed by atoms with Gasteiger partial charge < -0.3 is 5.11 Å². The highest BCUT2D eigenvalue weighted by Crippen LogP contribution is 2.17. The molecule has 2 heteroatoms. The van der Waals surface area contributed by atoms with Gasteiger partial charge >= 0.3 is 0 Å². The van der Waals surface area contributed by atoms with Crippen LogP contribution in [0.3, 0.4) is 0 Å². The van der Waals surface area contributed by atoms with E-state index in [1.165, 1.54) is 0 Å². The van der Waals surface area contributed by atoms with E-state index in [1.807, 2.05) is 6.92 Å². The summed E-state index contributed by atoms with van der Waals surface area (Å²) in [5.41, 5.74) is 1.48. The molecule has 0 spiro atoms. The first-order valence-corrected chi connectivity index (χ1v) is 3.10. The lowest BCUT2D eigenvalue weighted by Gasteiger charge is -1.99. The second-order valence-corrected chi connectivity index (χ2v) is 2.28. The molecule has 0 saturated carbocycles. The van der Waals surface area contributed by atoms with E-state index in [2.05, 4.69) is 0 Å². The molecule has 0 unspecified atom stereocenters. The van der Waals surface area contributed by atoms with Gasteiger partial charge in [0.2, 0.25) is 0 Å². The summed E-state index contributed by atoms with van der Waals surface area (Å²) in [6.45, 7) is 1.53. The summed E-state index contributed by atoms with van der Waals surface area (Å²) in [5, 5.41) is 19.4. The third-order valence-electron chi connectivity index (χ3n) is 1.39. The molecule has 1 radical (unpaired) electrons. The molecule has 0 aliphatic heterocycles. The highest BCUT2D eigenvalue weighted by Gasteiger charge is 1.98. The van der Waals surface area contributed by atoms with Crippen LogP contribution < -0.4 is 0 Å². The van der Waals surface area contributed by atoms with Crippen LogP contribution in [0.2, 0.25) is 0 Å². The van der Waals surface area contributed by atoms with Crippen LogP contribution in [0.5, 0.6) is 5.75 Å². The standard InChI is InChI=1S/C8H9O2/c1-6-2-3-8(10)7(4-6)5-9/h2-4,10H,5H2,1H3. The average Bonchev–Trinajstić information content (AvgIpc) is 1.94. The molecule has 0 heterocycles. The Morgan fingerprint density at radius 3 is 2.70 bits per heavy atom. The topological polar surface area (TPSA) is 40.1 Å². The highest BCUT2D eigenvalue weighted by atomic mass is 16.3. The number of aryl methyl sites for hydroxylation is 1. The van der Waals surface area contributed by atoms with E-state index in [9.17, 15) is 5.11 Å². The zero-order chi connectivity index (χ0) is 7.56. The minimum absolute atomic E-state index is 0.0978. The molecular formula is C8H9O2. The van der Waals surface area contributed by atoms with Crippen LogP contribution in [0.25, 0.3) is 0 Å². The molecule has 0 saturated heterocycles. The molecule has 1 rings (SSSR count). The van der Waals surface area contributed by atoms with Crippen LogP contribution >= 0.6 is 0 Å². The van der Waals surface area contributed by atoms with Crippen LogP contribution in [0, 0.1) is 6.92 Å². The molecule has 1 N–H and O–H groups in total. The van der Waals surface area contributed by atoms with E-state index >= 15 is 0 Å². The van der Waals surface area contributed by atoms with Crippen molar-refractivity contribution in [2.75, 3.05) is 0 Å². The molecular weight excluding hydrogens is 128 g/mol. The Morgan fingerprint density at radius 2 is 2.20 bits per heavy atom. The number of phenolic OH excluding ortho intramolecular Hbond substituents is 1. The van der Waals surface area contributed by atoms with Gasteiger partial charge in [-0.15, -0.1) is 0 Å². The van der Waals surface area contributed by atoms with Crippen LogP contribution in [0.15, 0.2) is 18.2 Å². The minimum Gasteiger partial charge on any atom is -0.508 e. The Bertz CT molecular complexity index is 231. The van der Waals surface area contributed by atoms with Crippen molar-refractivity contribution in [2.45, 2.75) is 13.5 Å². The molecule has 1 aromatic rings. The minimum atomic E-state index is -0.354. The lowest BCUT2D eigenvalue weighted by atomic mass is 10.1. The van der Waals surface area contributed by atoms with E-state index in [0.29, 0.717) is 5.56 Å². The van der Waals surface area contributed by atoms with Gasteiger partial charge in [0, 0.05) is 5.56 Å². The summed E-state index contributed by atoms with van der Waals surface area (Å²) >= 11 is 0. The van der Waals surface area contributed by atoms with Gasteiger partial charge in [0.15, 0.2) is 0 Å². The van der Waals surface area contributed by atoms with Gasteiger partial charge in [0.05, 0.1) is 0 Å². The molecule has 0 amide bonds. The van der Waals surface area contributed by atoms with Gasteiger partial charge in [0.1, 0.15) is 12.4 Å². The maximum absolute atomic E-state index is 10.3. The van der Waals surface area contributed by atoms with E-state index in [0.717, 1.165) is 5.56 Å². The van der Waals surface area contributed by atoms with Crippen molar-refractivity contribution in [3.63, 3.8) is 0 Å². The zero-order valence-corrected chi connectivity index (χ0v) is 5.79. The highest BCUT2D eigenvalue weighted by molar-refractivity contribution is 5.34. The number of hydrogen-bond donors (Lipinski definition) is 1. The van der Waals surface area contributed by atoms with Crippen LogP contribution in [-0.4, -0.2) is 5.11 Å². The summed E-state index contributed by atoms with van der Waals surface area (Å²) in [5.74, 6) is 0.0978. The molecule has 0 fully saturated rings. The fourth-order valence-electron chi connectivity index (χ4n) is 0.830. The lowest BCUT2D eigenvalue weighted by molar-refractivity contribution is 0.174. The zero-order valence-electron chi connectivity index (χ0n) is 5.79. The number of benzene rings is 1. The number of aromatic hydroxyl groups is 1. The Balaban J connectivity index is 3.09. The first-order chi connectivity index (χ1) is 4.74. The number of phenols is 1. The fraction of sp³-hybridized carbons (Fsp3) is 0.250. The molecule has 0 bridgehead atoms. The van der Waals surface area contributed by atoms with Crippen LogP contribution in [0.4, 0.5) is 0 Å². The fourth-order valence-corrected chi connectivity index (χ4v) is 0.830. The first kappa shape index (κ1) is 7.09. The SMILES string of the molecule is Cc1ccc(O)c(C[O])c1. The molecule has 0 atom stereocenters. The van der Waals surface area contributed by atoms with Crippen molar-refractivity contribution >= 4 is 0 Å². The van der Waals surface area contributed by atoms with Crippen LogP contribution in [-0.2, 0) is 11.7 Å². The summed E-state index contributed by atoms with van der Waals surface area (Å²) in [6.07, 6.45) is 0. The largest absolute Gasteiger partial charge is 0.508 e. The van der Waals surface area contributed by atoms with Gasteiger partial charge in [0.25, 0.3) is 0 Å². The van der Waals surface area contributed by atoms with E-state index in [1.54, 1.807) is 18.2 Å². The Morgan fingerprint density at radius 1 is 1.50 bits per heavy atom. The Hall–Kier alpha value is -1.02. The van der Waals surface area contributed by atoms with Crippen molar-refractivity contribution in [2.24, 2.45) is 0 Å². The third-order valence-corrected chi connectivity index (χ3v) is 1.39. The Labute approximate surface area is 59.7 Å². The quantitative estimate of drug-likeness (QED) is 0.627. The van der Waals surface area contributed by atoms with Gasteiger partial charge in [-0.05, 0) is 19.1 Å². The number of hydrogen-bond acceptors (Lipinski definition) is 1. The van der Waals surface area contributed by atoms with Gasteiger partial charge in [-0.2, -0.15) is 0 Å². The monoisotopic (exact) mass is 137 g/mol. The van der Waals surface area contributed by atoms with Crippen molar-refractivity contribution in [3.05, 3.63) is 29.3 Å². The maximum Gasteiger partial charge on any atom is 0.121 e. The Kier molecular flexibility index (Phi) is 1.92. The molecule has 53 valence electrons. The van der Waals surface area contributed by atoms with Gasteiger partial charge in [-0.1, -0.05) is 11.6 Å². The molecule has 0 aliphatic rings. The average molecular weight is 137 g/mol. The van der Waals surface area contributed by atoms with E-state index in [-0.39, 0.29) is 12.4 Å². The normalized spacial score (nSPS) is 9.80. The summed E-state index contributed by atoms with van der Waals surface area (Å²) < 4.78 is 0. The maximum atomic E-state index is 10.3. The lowest BCUT2D eigenvalue weighted by Crippen LogP contribution is -1.83. The predicted molar refractivity (Wildman–Crippen MR) is 37.2 cm³/mol. The van der Waals surface area contributed by atoms with Crippen molar-refractivity contribution in [3.8, 4) is 5.75 Å². The third kappa shape index (κ3) is 1.28. The molecule has 1 aromatic carbocycles. The molecule has 0 aromatic heterocycles. The molecule has 0 aliphatic carbocycles. The second kappa shape index (κ2) is 2.71. The summed E-state index contributed by atoms with van der Waals surface area (Å²) in [4.78, 5) is 0. The smallest absolute Gasteiger partial charge is 0.121 e. The predicted octanol–water partition coefficient (Wildman–Crippen LogP) is 1.63. The van der Waals surface area contributed by atoms with Crippen molar-refractivity contribution in [1.29, 1.82) is 0 Å². The molecule has 2 nitrogen and oxygen atoms in total. The van der Waals surface area contributed by atoms with Crippen molar-refractivity contribution < 1.29 is 10.2 Å². The van der Waals surface area contributed by atoms with E-state index < -0.39 is 0 Å². The van der Waals surface area contributed by atoms with Gasteiger partial charge in [-0.25, -0.2) is 5.11 Å².